The second kappa shape index (κ2) is 7.55. The lowest BCUT2D eigenvalue weighted by Gasteiger charge is -2.23. The van der Waals surface area contributed by atoms with Crippen LogP contribution in [0.15, 0.2) is 28.8 Å². The van der Waals surface area contributed by atoms with Crippen LogP contribution in [0.1, 0.15) is 23.7 Å². The second-order valence-corrected chi connectivity index (χ2v) is 5.96. The number of hydrogen-bond donors (Lipinski definition) is 1. The molecule has 0 radical (unpaired) electrons. The van der Waals surface area contributed by atoms with Gasteiger partial charge in [0.15, 0.2) is 5.82 Å². The first-order chi connectivity index (χ1) is 11.7. The number of carbonyl (C=O) groups excluding carboxylic acids is 1. The third kappa shape index (κ3) is 3.80. The van der Waals surface area contributed by atoms with Crippen molar-refractivity contribution in [1.29, 1.82) is 0 Å². The standard InChI is InChI=1S/C17H22N4O3/c1-21(11-16-19-15(20-24-16)9-10-23-2)14-8-7-12-5-3-4-6-13(12)18-17(14)22/h3-6,14H,7-11H2,1-2H3,(H,18,22)/t14-/m1/s1. The van der Waals surface area contributed by atoms with Gasteiger partial charge in [-0.05, 0) is 31.5 Å². The summed E-state index contributed by atoms with van der Waals surface area (Å²) in [6, 6.07) is 7.69. The lowest BCUT2D eigenvalue weighted by atomic mass is 10.1. The maximum atomic E-state index is 12.5. The van der Waals surface area contributed by atoms with Crippen molar-refractivity contribution in [3.63, 3.8) is 0 Å². The normalized spacial score (nSPS) is 17.5. The zero-order valence-corrected chi connectivity index (χ0v) is 14.0. The zero-order valence-electron chi connectivity index (χ0n) is 14.0. The predicted molar refractivity (Wildman–Crippen MR) is 88.5 cm³/mol. The van der Waals surface area contributed by atoms with Crippen molar-refractivity contribution in [2.45, 2.75) is 31.8 Å². The number of fused-ring (bicyclic) bond motifs is 1. The van der Waals surface area contributed by atoms with Gasteiger partial charge >= 0.3 is 0 Å². The largest absolute Gasteiger partial charge is 0.384 e. The highest BCUT2D eigenvalue weighted by molar-refractivity contribution is 5.96. The first kappa shape index (κ1) is 16.6. The number of ether oxygens (including phenoxy) is 1. The quantitative estimate of drug-likeness (QED) is 0.867. The Kier molecular flexibility index (Phi) is 5.22. The molecule has 1 aliphatic heterocycles. The van der Waals surface area contributed by atoms with Gasteiger partial charge in [0.25, 0.3) is 0 Å². The summed E-state index contributed by atoms with van der Waals surface area (Å²) in [7, 11) is 3.54. The van der Waals surface area contributed by atoms with Gasteiger partial charge in [0.2, 0.25) is 11.8 Å². The lowest BCUT2D eigenvalue weighted by molar-refractivity contribution is -0.121. The molecule has 0 saturated carbocycles. The SMILES string of the molecule is COCCc1noc(CN(C)[C@@H]2CCc3ccccc3NC2=O)n1. The number of aromatic nitrogens is 2. The summed E-state index contributed by atoms with van der Waals surface area (Å²) >= 11 is 0. The van der Waals surface area contributed by atoms with Gasteiger partial charge in [-0.15, -0.1) is 0 Å². The van der Waals surface area contributed by atoms with E-state index in [4.69, 9.17) is 9.26 Å². The van der Waals surface area contributed by atoms with Crippen molar-refractivity contribution in [2.24, 2.45) is 0 Å². The summed E-state index contributed by atoms with van der Waals surface area (Å²) < 4.78 is 10.3. The van der Waals surface area contributed by atoms with Crippen LogP contribution in [0.2, 0.25) is 0 Å². The molecule has 24 heavy (non-hydrogen) atoms. The first-order valence-electron chi connectivity index (χ1n) is 8.07. The Morgan fingerprint density at radius 3 is 3.08 bits per heavy atom. The highest BCUT2D eigenvalue weighted by atomic mass is 16.5. The van der Waals surface area contributed by atoms with E-state index in [-0.39, 0.29) is 11.9 Å². The number of methoxy groups -OCH3 is 1. The first-order valence-corrected chi connectivity index (χ1v) is 8.07. The average Bonchev–Trinajstić information content (AvgIpc) is 2.94. The molecule has 7 heteroatoms. The number of anilines is 1. The van der Waals surface area contributed by atoms with Crippen molar-refractivity contribution in [1.82, 2.24) is 15.0 Å². The van der Waals surface area contributed by atoms with Crippen molar-refractivity contribution in [2.75, 3.05) is 26.1 Å². The van der Waals surface area contributed by atoms with Crippen molar-refractivity contribution < 1.29 is 14.1 Å². The number of nitrogens with zero attached hydrogens (tertiary/aromatic N) is 3. The monoisotopic (exact) mass is 330 g/mol. The summed E-state index contributed by atoms with van der Waals surface area (Å²) in [6.07, 6.45) is 2.22. The Hall–Kier alpha value is -2.25. The summed E-state index contributed by atoms with van der Waals surface area (Å²) in [6.45, 7) is 0.993. The van der Waals surface area contributed by atoms with E-state index in [0.29, 0.717) is 31.3 Å². The molecular weight excluding hydrogens is 308 g/mol. The number of aryl methyl sites for hydroxylation is 1. The van der Waals surface area contributed by atoms with Gasteiger partial charge in [-0.3, -0.25) is 9.69 Å². The molecule has 1 aliphatic rings. The second-order valence-electron chi connectivity index (χ2n) is 5.96. The van der Waals surface area contributed by atoms with Gasteiger partial charge in [0.05, 0.1) is 19.2 Å². The van der Waals surface area contributed by atoms with Crippen LogP contribution in [-0.4, -0.2) is 47.8 Å². The molecule has 0 spiro atoms. The average molecular weight is 330 g/mol. The number of likely N-dealkylation sites (N-methyl/N-ethyl adjacent to an activating group) is 1. The molecule has 128 valence electrons. The fraction of sp³-hybridized carbons (Fsp3) is 0.471. The zero-order chi connectivity index (χ0) is 16.9. The molecule has 3 rings (SSSR count). The summed E-state index contributed by atoms with van der Waals surface area (Å²) in [5.74, 6) is 1.14. The highest BCUT2D eigenvalue weighted by Crippen LogP contribution is 2.23. The fourth-order valence-electron chi connectivity index (χ4n) is 2.89. The van der Waals surface area contributed by atoms with E-state index >= 15 is 0 Å². The van der Waals surface area contributed by atoms with E-state index < -0.39 is 0 Å². The molecular formula is C17H22N4O3. The smallest absolute Gasteiger partial charge is 0.241 e. The topological polar surface area (TPSA) is 80.5 Å². The number of amides is 1. The Morgan fingerprint density at radius 1 is 1.42 bits per heavy atom. The van der Waals surface area contributed by atoms with E-state index in [1.807, 2.05) is 30.1 Å². The Morgan fingerprint density at radius 2 is 2.25 bits per heavy atom. The number of carbonyl (C=O) groups is 1. The van der Waals surface area contributed by atoms with Crippen LogP contribution in [0.5, 0.6) is 0 Å². The number of rotatable bonds is 6. The summed E-state index contributed by atoms with van der Waals surface area (Å²) in [5, 5.41) is 6.94. The molecule has 2 aromatic rings. The Balaban J connectivity index is 1.63. The third-order valence-electron chi connectivity index (χ3n) is 4.22. The summed E-state index contributed by atoms with van der Waals surface area (Å²) in [4.78, 5) is 18.8. The molecule has 2 heterocycles. The lowest BCUT2D eigenvalue weighted by Crippen LogP contribution is -2.40. The van der Waals surface area contributed by atoms with Crippen LogP contribution >= 0.6 is 0 Å². The van der Waals surface area contributed by atoms with Gasteiger partial charge in [0.1, 0.15) is 0 Å². The molecule has 1 aromatic heterocycles. The van der Waals surface area contributed by atoms with Crippen LogP contribution in [-0.2, 0) is 28.9 Å². The predicted octanol–water partition coefficient (Wildman–Crippen LogP) is 1.64. The molecule has 0 fully saturated rings. The highest BCUT2D eigenvalue weighted by Gasteiger charge is 2.27. The summed E-state index contributed by atoms with van der Waals surface area (Å²) in [5.41, 5.74) is 2.07. The van der Waals surface area contributed by atoms with Gasteiger partial charge in [0, 0.05) is 19.2 Å². The van der Waals surface area contributed by atoms with Gasteiger partial charge in [-0.2, -0.15) is 4.98 Å². The molecule has 7 nitrogen and oxygen atoms in total. The molecule has 0 aliphatic carbocycles. The van der Waals surface area contributed by atoms with Crippen LogP contribution in [0.25, 0.3) is 0 Å². The van der Waals surface area contributed by atoms with E-state index in [1.165, 1.54) is 5.56 Å². The Bertz CT molecular complexity index is 701. The number of benzene rings is 1. The number of para-hydroxylation sites is 1. The van der Waals surface area contributed by atoms with E-state index in [0.717, 1.165) is 18.5 Å². The molecule has 1 atom stereocenters. The van der Waals surface area contributed by atoms with Crippen molar-refractivity contribution >= 4 is 11.6 Å². The molecule has 0 bridgehead atoms. The molecule has 1 amide bonds. The molecule has 1 N–H and O–H groups in total. The fourth-order valence-corrected chi connectivity index (χ4v) is 2.89. The van der Waals surface area contributed by atoms with Crippen molar-refractivity contribution in [3.8, 4) is 0 Å². The minimum absolute atomic E-state index is 0.00146. The maximum absolute atomic E-state index is 12.5. The molecule has 0 saturated heterocycles. The van der Waals surface area contributed by atoms with Gasteiger partial charge in [-0.25, -0.2) is 0 Å². The van der Waals surface area contributed by atoms with Crippen LogP contribution < -0.4 is 5.32 Å². The van der Waals surface area contributed by atoms with E-state index in [1.54, 1.807) is 7.11 Å². The van der Waals surface area contributed by atoms with Gasteiger partial charge in [-0.1, -0.05) is 23.4 Å². The van der Waals surface area contributed by atoms with Crippen LogP contribution in [0.3, 0.4) is 0 Å². The maximum Gasteiger partial charge on any atom is 0.241 e. The van der Waals surface area contributed by atoms with Crippen LogP contribution in [0.4, 0.5) is 5.69 Å². The third-order valence-corrected chi connectivity index (χ3v) is 4.22. The Labute approximate surface area is 141 Å². The minimum Gasteiger partial charge on any atom is -0.384 e. The molecule has 1 aromatic carbocycles. The van der Waals surface area contributed by atoms with Crippen molar-refractivity contribution in [3.05, 3.63) is 41.5 Å². The van der Waals surface area contributed by atoms with E-state index in [2.05, 4.69) is 21.5 Å². The van der Waals surface area contributed by atoms with Gasteiger partial charge < -0.3 is 14.6 Å². The van der Waals surface area contributed by atoms with E-state index in [9.17, 15) is 4.79 Å². The number of nitrogens with one attached hydrogen (secondary N) is 1. The van der Waals surface area contributed by atoms with Crippen LogP contribution in [0, 0.1) is 0 Å². The number of hydrogen-bond acceptors (Lipinski definition) is 6. The molecule has 0 unspecified atom stereocenters. The minimum atomic E-state index is -0.230.